The van der Waals surface area contributed by atoms with Crippen molar-refractivity contribution < 1.29 is 4.74 Å². The van der Waals surface area contributed by atoms with Crippen molar-refractivity contribution in [1.82, 2.24) is 5.32 Å². The number of hydrogen-bond acceptors (Lipinski definition) is 2. The number of nitrogens with one attached hydrogen (secondary N) is 1. The summed E-state index contributed by atoms with van der Waals surface area (Å²) in [5.74, 6) is 0.743. The van der Waals surface area contributed by atoms with E-state index in [1.807, 2.05) is 0 Å². The lowest BCUT2D eigenvalue weighted by Gasteiger charge is -2.45. The van der Waals surface area contributed by atoms with Gasteiger partial charge in [0.15, 0.2) is 0 Å². The van der Waals surface area contributed by atoms with Crippen LogP contribution in [-0.2, 0) is 4.74 Å². The van der Waals surface area contributed by atoms with Crippen LogP contribution in [-0.4, -0.2) is 25.8 Å². The highest BCUT2D eigenvalue weighted by atomic mass is 16.5. The van der Waals surface area contributed by atoms with Crippen LogP contribution in [0.3, 0.4) is 0 Å². The summed E-state index contributed by atoms with van der Waals surface area (Å²) in [7, 11) is 0. The molecule has 1 aliphatic heterocycles. The summed E-state index contributed by atoms with van der Waals surface area (Å²) in [6, 6.07) is 0.700. The third-order valence-corrected chi connectivity index (χ3v) is 4.50. The molecule has 0 amide bonds. The first-order valence-electron chi connectivity index (χ1n) is 7.68. The zero-order valence-corrected chi connectivity index (χ0v) is 12.7. The Morgan fingerprint density at radius 1 is 1.11 bits per heavy atom. The molecule has 106 valence electrons. The van der Waals surface area contributed by atoms with E-state index in [0.717, 1.165) is 25.7 Å². The topological polar surface area (TPSA) is 21.3 Å². The van der Waals surface area contributed by atoms with E-state index in [-0.39, 0.29) is 0 Å². The Kier molecular flexibility index (Phi) is 4.38. The fourth-order valence-corrected chi connectivity index (χ4v) is 4.29. The minimum atomic E-state index is 0.489. The molecule has 1 saturated carbocycles. The zero-order chi connectivity index (χ0) is 13.2. The monoisotopic (exact) mass is 253 g/mol. The second-order valence-electron chi connectivity index (χ2n) is 8.10. The molecule has 1 saturated heterocycles. The molecule has 0 spiro atoms. The van der Waals surface area contributed by atoms with E-state index in [2.05, 4.69) is 33.0 Å². The Bertz CT molecular complexity index is 250. The van der Waals surface area contributed by atoms with Crippen molar-refractivity contribution in [1.29, 1.82) is 0 Å². The fraction of sp³-hybridized carbons (Fsp3) is 1.00. The summed E-state index contributed by atoms with van der Waals surface area (Å²) in [6.07, 6.45) is 6.58. The Balaban J connectivity index is 1.81. The van der Waals surface area contributed by atoms with Crippen molar-refractivity contribution in [2.45, 2.75) is 65.8 Å². The molecule has 0 bridgehead atoms. The van der Waals surface area contributed by atoms with Gasteiger partial charge in [-0.3, -0.25) is 0 Å². The van der Waals surface area contributed by atoms with Gasteiger partial charge in [0.25, 0.3) is 0 Å². The normalized spacial score (nSPS) is 32.3. The maximum atomic E-state index is 5.56. The molecule has 0 aromatic carbocycles. The first kappa shape index (κ1) is 14.3. The van der Waals surface area contributed by atoms with Crippen molar-refractivity contribution in [3.8, 4) is 0 Å². The van der Waals surface area contributed by atoms with E-state index in [1.165, 1.54) is 32.1 Å². The summed E-state index contributed by atoms with van der Waals surface area (Å²) in [6.45, 7) is 12.8. The third kappa shape index (κ3) is 4.24. The summed E-state index contributed by atoms with van der Waals surface area (Å²) in [5.41, 5.74) is 0.977. The van der Waals surface area contributed by atoms with E-state index < -0.39 is 0 Å². The highest BCUT2D eigenvalue weighted by Crippen LogP contribution is 2.45. The smallest absolute Gasteiger partial charge is 0.0506 e. The van der Waals surface area contributed by atoms with Gasteiger partial charge >= 0.3 is 0 Å². The van der Waals surface area contributed by atoms with Crippen LogP contribution in [0.4, 0.5) is 0 Å². The lowest BCUT2D eigenvalue weighted by Crippen LogP contribution is -2.45. The van der Waals surface area contributed by atoms with Crippen molar-refractivity contribution in [2.75, 3.05) is 19.8 Å². The van der Waals surface area contributed by atoms with Gasteiger partial charge in [-0.1, -0.05) is 27.7 Å². The molecule has 2 aliphatic rings. The number of hydrogen-bond donors (Lipinski definition) is 1. The summed E-state index contributed by atoms with van der Waals surface area (Å²) < 4.78 is 5.56. The molecule has 0 aromatic heterocycles. The van der Waals surface area contributed by atoms with Crippen LogP contribution in [0.25, 0.3) is 0 Å². The lowest BCUT2D eigenvalue weighted by atomic mass is 9.63. The maximum absolute atomic E-state index is 5.56. The molecule has 2 fully saturated rings. The van der Waals surface area contributed by atoms with Crippen molar-refractivity contribution in [3.63, 3.8) is 0 Å². The van der Waals surface area contributed by atoms with Crippen LogP contribution >= 0.6 is 0 Å². The van der Waals surface area contributed by atoms with E-state index in [1.54, 1.807) is 0 Å². The van der Waals surface area contributed by atoms with Gasteiger partial charge in [0.1, 0.15) is 0 Å². The molecule has 18 heavy (non-hydrogen) atoms. The first-order valence-corrected chi connectivity index (χ1v) is 7.68. The van der Waals surface area contributed by atoms with Crippen LogP contribution in [0.1, 0.15) is 59.8 Å². The molecule has 1 N–H and O–H groups in total. The number of rotatable bonds is 3. The molecule has 0 radical (unpaired) electrons. The minimum Gasteiger partial charge on any atom is -0.381 e. The van der Waals surface area contributed by atoms with E-state index in [4.69, 9.17) is 4.74 Å². The number of ether oxygens (including phenoxy) is 1. The second kappa shape index (κ2) is 5.50. The minimum absolute atomic E-state index is 0.489. The molecule has 2 nitrogen and oxygen atoms in total. The lowest BCUT2D eigenvalue weighted by molar-refractivity contribution is 0.0455. The SMILES string of the molecule is CC1(C)CC(NCC2CCCOC2)CC(C)(C)C1. The van der Waals surface area contributed by atoms with Gasteiger partial charge in [-0.25, -0.2) is 0 Å². The Hall–Kier alpha value is -0.0800. The predicted molar refractivity (Wildman–Crippen MR) is 76.7 cm³/mol. The maximum Gasteiger partial charge on any atom is 0.0506 e. The molecule has 1 unspecified atom stereocenters. The van der Waals surface area contributed by atoms with Gasteiger partial charge in [-0.2, -0.15) is 0 Å². The highest BCUT2D eigenvalue weighted by molar-refractivity contribution is 4.92. The van der Waals surface area contributed by atoms with Crippen molar-refractivity contribution >= 4 is 0 Å². The van der Waals surface area contributed by atoms with Crippen LogP contribution in [0.2, 0.25) is 0 Å². The predicted octanol–water partition coefficient (Wildman–Crippen LogP) is 3.61. The zero-order valence-electron chi connectivity index (χ0n) is 12.7. The average molecular weight is 253 g/mol. The Morgan fingerprint density at radius 2 is 1.78 bits per heavy atom. The molecule has 2 rings (SSSR count). The largest absolute Gasteiger partial charge is 0.381 e. The fourth-order valence-electron chi connectivity index (χ4n) is 4.29. The molecule has 0 aromatic rings. The van der Waals surface area contributed by atoms with Gasteiger partial charge in [-0.15, -0.1) is 0 Å². The van der Waals surface area contributed by atoms with Crippen molar-refractivity contribution in [2.24, 2.45) is 16.7 Å². The van der Waals surface area contributed by atoms with Gasteiger partial charge < -0.3 is 10.1 Å². The quantitative estimate of drug-likeness (QED) is 0.829. The van der Waals surface area contributed by atoms with Gasteiger partial charge in [0, 0.05) is 19.2 Å². The summed E-state index contributed by atoms with van der Waals surface area (Å²) in [4.78, 5) is 0. The van der Waals surface area contributed by atoms with Crippen molar-refractivity contribution in [3.05, 3.63) is 0 Å². The highest BCUT2D eigenvalue weighted by Gasteiger charge is 2.38. The Morgan fingerprint density at radius 3 is 2.33 bits per heavy atom. The first-order chi connectivity index (χ1) is 8.36. The molecular formula is C16H31NO. The van der Waals surface area contributed by atoms with Crippen LogP contribution in [0.15, 0.2) is 0 Å². The molecule has 2 heteroatoms. The molecule has 1 heterocycles. The van der Waals surface area contributed by atoms with Crippen LogP contribution in [0.5, 0.6) is 0 Å². The standard InChI is InChI=1S/C16H31NO/c1-15(2)8-14(9-16(3,4)12-15)17-10-13-6-5-7-18-11-13/h13-14,17H,5-12H2,1-4H3. The molecule has 1 aliphatic carbocycles. The molecule has 1 atom stereocenters. The van der Waals surface area contributed by atoms with E-state index in [9.17, 15) is 0 Å². The van der Waals surface area contributed by atoms with E-state index in [0.29, 0.717) is 16.9 Å². The van der Waals surface area contributed by atoms with Gasteiger partial charge in [0.05, 0.1) is 6.61 Å². The summed E-state index contributed by atoms with van der Waals surface area (Å²) in [5, 5.41) is 3.82. The van der Waals surface area contributed by atoms with Crippen LogP contribution in [0, 0.1) is 16.7 Å². The van der Waals surface area contributed by atoms with Gasteiger partial charge in [0.2, 0.25) is 0 Å². The Labute approximate surface area is 113 Å². The average Bonchev–Trinajstić information content (AvgIpc) is 2.24. The van der Waals surface area contributed by atoms with E-state index >= 15 is 0 Å². The molecular weight excluding hydrogens is 222 g/mol. The van der Waals surface area contributed by atoms with Crippen LogP contribution < -0.4 is 5.32 Å². The summed E-state index contributed by atoms with van der Waals surface area (Å²) >= 11 is 0. The van der Waals surface area contributed by atoms with Gasteiger partial charge in [-0.05, 0) is 48.9 Å². The third-order valence-electron chi connectivity index (χ3n) is 4.50. The second-order valence-corrected chi connectivity index (χ2v) is 8.10.